The van der Waals surface area contributed by atoms with Crippen LogP contribution in [0.15, 0.2) is 23.2 Å². The molecule has 2 aliphatic heterocycles. The van der Waals surface area contributed by atoms with Crippen molar-refractivity contribution in [2.24, 2.45) is 4.99 Å². The number of hydrogen-bond acceptors (Lipinski definition) is 5. The van der Waals surface area contributed by atoms with E-state index in [9.17, 15) is 0 Å². The van der Waals surface area contributed by atoms with Crippen molar-refractivity contribution in [1.29, 1.82) is 0 Å². The topological polar surface area (TPSA) is 64.6 Å². The van der Waals surface area contributed by atoms with E-state index < -0.39 is 0 Å². The first-order valence-corrected chi connectivity index (χ1v) is 10.2. The van der Waals surface area contributed by atoms with Crippen LogP contribution in [0.3, 0.4) is 0 Å². The second-order valence-electron chi connectivity index (χ2n) is 7.14. The third-order valence-corrected chi connectivity index (χ3v) is 5.06. The van der Waals surface area contributed by atoms with Gasteiger partial charge in [0.2, 0.25) is 0 Å². The molecule has 1 fully saturated rings. The Morgan fingerprint density at radius 2 is 1.93 bits per heavy atom. The summed E-state index contributed by atoms with van der Waals surface area (Å²) in [5.74, 6) is 2.60. The highest BCUT2D eigenvalue weighted by molar-refractivity contribution is 14.0. The van der Waals surface area contributed by atoms with Crippen LogP contribution in [0.2, 0.25) is 0 Å². The molecule has 0 aliphatic carbocycles. The van der Waals surface area contributed by atoms with Crippen LogP contribution in [0.4, 0.5) is 0 Å². The zero-order chi connectivity index (χ0) is 19.6. The summed E-state index contributed by atoms with van der Waals surface area (Å²) in [5, 5.41) is 3.47. The lowest BCUT2D eigenvalue weighted by atomic mass is 10.1. The van der Waals surface area contributed by atoms with Crippen LogP contribution in [0.1, 0.15) is 31.2 Å². The first kappa shape index (κ1) is 24.0. The zero-order valence-electron chi connectivity index (χ0n) is 17.5. The van der Waals surface area contributed by atoms with Crippen molar-refractivity contribution in [2.45, 2.75) is 38.3 Å². The summed E-state index contributed by atoms with van der Waals surface area (Å²) < 4.78 is 22.5. The van der Waals surface area contributed by atoms with E-state index in [4.69, 9.17) is 18.9 Å². The Labute approximate surface area is 191 Å². The molecule has 164 valence electrons. The Kier molecular flexibility index (Phi) is 10.9. The Bertz CT molecular complexity index is 636. The van der Waals surface area contributed by atoms with Crippen LogP contribution in [-0.2, 0) is 16.0 Å². The molecule has 0 atom stereocenters. The van der Waals surface area contributed by atoms with Gasteiger partial charge in [-0.1, -0.05) is 6.07 Å². The summed E-state index contributed by atoms with van der Waals surface area (Å²) in [6.07, 6.45) is 4.26. The van der Waals surface area contributed by atoms with Gasteiger partial charge in [-0.05, 0) is 37.0 Å². The average Bonchev–Trinajstić information content (AvgIpc) is 2.97. The monoisotopic (exact) mass is 519 g/mol. The lowest BCUT2D eigenvalue weighted by Gasteiger charge is -2.34. The highest BCUT2D eigenvalue weighted by Crippen LogP contribution is 2.30. The van der Waals surface area contributed by atoms with Gasteiger partial charge in [-0.3, -0.25) is 4.99 Å². The van der Waals surface area contributed by atoms with Gasteiger partial charge in [-0.2, -0.15) is 0 Å². The van der Waals surface area contributed by atoms with E-state index >= 15 is 0 Å². The van der Waals surface area contributed by atoms with Crippen molar-refractivity contribution in [1.82, 2.24) is 10.2 Å². The van der Waals surface area contributed by atoms with E-state index in [1.165, 1.54) is 0 Å². The molecule has 2 heterocycles. The molecule has 1 aromatic rings. The Morgan fingerprint density at radius 1 is 1.17 bits per heavy atom. The summed E-state index contributed by atoms with van der Waals surface area (Å²) >= 11 is 0. The predicted octanol–water partition coefficient (Wildman–Crippen LogP) is 3.06. The number of nitrogens with zero attached hydrogens (tertiary/aromatic N) is 2. The van der Waals surface area contributed by atoms with Gasteiger partial charge in [-0.15, -0.1) is 24.0 Å². The van der Waals surface area contributed by atoms with Crippen LogP contribution >= 0.6 is 24.0 Å². The second-order valence-corrected chi connectivity index (χ2v) is 7.14. The number of ether oxygens (including phenoxy) is 4. The molecule has 8 heteroatoms. The number of hydrogen-bond donors (Lipinski definition) is 1. The Balaban J connectivity index is 0.00000300. The van der Waals surface area contributed by atoms with Crippen LogP contribution in [0.25, 0.3) is 0 Å². The minimum atomic E-state index is 0. The summed E-state index contributed by atoms with van der Waals surface area (Å²) in [6.45, 7) is 5.56. The lowest BCUT2D eigenvalue weighted by molar-refractivity contribution is 0.00989. The van der Waals surface area contributed by atoms with Crippen LogP contribution < -0.4 is 14.8 Å². The highest BCUT2D eigenvalue weighted by Gasteiger charge is 2.22. The van der Waals surface area contributed by atoms with Gasteiger partial charge in [0, 0.05) is 53.4 Å². The number of rotatable bonds is 7. The number of nitrogens with one attached hydrogen (secondary N) is 1. The number of fused-ring (bicyclic) bond motifs is 1. The number of likely N-dealkylation sites (tertiary alicyclic amines) is 1. The molecular weight excluding hydrogens is 485 g/mol. The minimum Gasteiger partial charge on any atom is -0.490 e. The van der Waals surface area contributed by atoms with Crippen molar-refractivity contribution in [2.75, 3.05) is 53.7 Å². The minimum absolute atomic E-state index is 0. The summed E-state index contributed by atoms with van der Waals surface area (Å²) in [6, 6.07) is 6.13. The van der Waals surface area contributed by atoms with E-state index in [0.29, 0.717) is 25.9 Å². The molecule has 3 rings (SSSR count). The molecule has 0 unspecified atom stereocenters. The van der Waals surface area contributed by atoms with Crippen molar-refractivity contribution in [3.05, 3.63) is 23.8 Å². The quantitative estimate of drug-likeness (QED) is 0.259. The zero-order valence-corrected chi connectivity index (χ0v) is 19.9. The number of methoxy groups -OCH3 is 1. The van der Waals surface area contributed by atoms with Gasteiger partial charge >= 0.3 is 0 Å². The van der Waals surface area contributed by atoms with E-state index in [-0.39, 0.29) is 24.0 Å². The van der Waals surface area contributed by atoms with Crippen molar-refractivity contribution < 1.29 is 18.9 Å². The van der Waals surface area contributed by atoms with Gasteiger partial charge in [0.15, 0.2) is 17.5 Å². The maximum Gasteiger partial charge on any atom is 0.193 e. The number of aliphatic imine (C=N–C) groups is 1. The normalized spacial score (nSPS) is 17.4. The average molecular weight is 519 g/mol. The fourth-order valence-electron chi connectivity index (χ4n) is 3.52. The van der Waals surface area contributed by atoms with E-state index in [1.807, 2.05) is 13.1 Å². The molecule has 0 saturated carbocycles. The van der Waals surface area contributed by atoms with Gasteiger partial charge in [0.25, 0.3) is 0 Å². The molecule has 29 heavy (non-hydrogen) atoms. The smallest absolute Gasteiger partial charge is 0.193 e. The molecule has 2 aliphatic rings. The van der Waals surface area contributed by atoms with Gasteiger partial charge < -0.3 is 29.2 Å². The predicted molar refractivity (Wildman–Crippen MR) is 125 cm³/mol. The molecule has 7 nitrogen and oxygen atoms in total. The maximum absolute atomic E-state index is 5.95. The molecular formula is C21H34IN3O4. The Hall–Kier alpha value is -1.26. The number of halogens is 1. The number of piperidine rings is 1. The third-order valence-electron chi connectivity index (χ3n) is 5.06. The highest BCUT2D eigenvalue weighted by atomic mass is 127. The summed E-state index contributed by atoms with van der Waals surface area (Å²) in [5.41, 5.74) is 1.15. The standard InChI is InChI=1S/C21H33N3O4.HI/c1-22-21(24-9-7-18(8-10-24)26-12-3-11-25-2)23-16-17-5-6-19-20(15-17)28-14-4-13-27-19;/h5-6,15,18H,3-4,7-14,16H2,1-2H3,(H,22,23);1H. The van der Waals surface area contributed by atoms with E-state index in [1.54, 1.807) is 7.11 Å². The molecule has 1 aromatic carbocycles. The number of benzene rings is 1. The van der Waals surface area contributed by atoms with Gasteiger partial charge in [-0.25, -0.2) is 0 Å². The molecule has 1 saturated heterocycles. The van der Waals surface area contributed by atoms with Crippen molar-refractivity contribution in [3.63, 3.8) is 0 Å². The molecule has 0 aromatic heterocycles. The Morgan fingerprint density at radius 3 is 2.66 bits per heavy atom. The van der Waals surface area contributed by atoms with Crippen LogP contribution in [-0.4, -0.2) is 70.6 Å². The SMILES string of the molecule is CN=C(NCc1ccc2c(c1)OCCCO2)N1CCC(OCCCOC)CC1.I. The van der Waals surface area contributed by atoms with E-state index in [0.717, 1.165) is 75.0 Å². The largest absolute Gasteiger partial charge is 0.490 e. The molecule has 0 radical (unpaired) electrons. The van der Waals surface area contributed by atoms with Crippen molar-refractivity contribution >= 4 is 29.9 Å². The van der Waals surface area contributed by atoms with Crippen molar-refractivity contribution in [3.8, 4) is 11.5 Å². The van der Waals surface area contributed by atoms with E-state index in [2.05, 4.69) is 27.3 Å². The molecule has 1 N–H and O–H groups in total. The van der Waals surface area contributed by atoms with Gasteiger partial charge in [0.05, 0.1) is 19.3 Å². The van der Waals surface area contributed by atoms with Crippen LogP contribution in [0, 0.1) is 0 Å². The summed E-state index contributed by atoms with van der Waals surface area (Å²) in [4.78, 5) is 6.76. The molecule has 0 spiro atoms. The first-order chi connectivity index (χ1) is 13.8. The molecule has 0 amide bonds. The van der Waals surface area contributed by atoms with Gasteiger partial charge in [0.1, 0.15) is 0 Å². The number of guanidine groups is 1. The summed E-state index contributed by atoms with van der Waals surface area (Å²) in [7, 11) is 3.56. The third kappa shape index (κ3) is 7.49. The maximum atomic E-state index is 5.95. The lowest BCUT2D eigenvalue weighted by Crippen LogP contribution is -2.46. The second kappa shape index (κ2) is 13.1. The fraction of sp³-hybridized carbons (Fsp3) is 0.667. The molecule has 0 bridgehead atoms. The van der Waals surface area contributed by atoms with Crippen LogP contribution in [0.5, 0.6) is 11.5 Å². The fourth-order valence-corrected chi connectivity index (χ4v) is 3.52. The first-order valence-electron chi connectivity index (χ1n) is 10.2.